The van der Waals surface area contributed by atoms with Crippen LogP contribution >= 0.6 is 11.6 Å². The van der Waals surface area contributed by atoms with E-state index in [1.807, 2.05) is 48.5 Å². The van der Waals surface area contributed by atoms with Crippen molar-refractivity contribution in [1.82, 2.24) is 5.32 Å². The van der Waals surface area contributed by atoms with Gasteiger partial charge in [-0.15, -0.1) is 0 Å². The summed E-state index contributed by atoms with van der Waals surface area (Å²) in [5, 5.41) is 22.9. The van der Waals surface area contributed by atoms with Crippen LogP contribution in [0.1, 0.15) is 35.1 Å². The third-order valence-electron chi connectivity index (χ3n) is 5.58. The Labute approximate surface area is 193 Å². The van der Waals surface area contributed by atoms with Gasteiger partial charge >= 0.3 is 12.1 Å². The molecular formula is C24H19ClN2O6. The van der Waals surface area contributed by atoms with E-state index in [1.54, 1.807) is 0 Å². The van der Waals surface area contributed by atoms with Gasteiger partial charge in [-0.05, 0) is 33.9 Å². The molecule has 2 N–H and O–H groups in total. The van der Waals surface area contributed by atoms with Crippen LogP contribution in [0.15, 0.2) is 66.7 Å². The van der Waals surface area contributed by atoms with Crippen molar-refractivity contribution < 1.29 is 24.4 Å². The number of hydrogen-bond acceptors (Lipinski definition) is 5. The summed E-state index contributed by atoms with van der Waals surface area (Å²) >= 11 is 5.84. The fraction of sp³-hybridized carbons (Fsp3) is 0.167. The molecule has 4 rings (SSSR count). The maximum Gasteiger partial charge on any atom is 0.407 e. The normalized spacial score (nSPS) is 13.0. The van der Waals surface area contributed by atoms with Gasteiger partial charge in [-0.2, -0.15) is 0 Å². The molecule has 3 aromatic rings. The van der Waals surface area contributed by atoms with Gasteiger partial charge in [0.05, 0.1) is 17.4 Å². The highest BCUT2D eigenvalue weighted by Crippen LogP contribution is 2.44. The number of rotatable bonds is 7. The maximum atomic E-state index is 12.6. The number of aliphatic carboxylic acids is 1. The largest absolute Gasteiger partial charge is 0.481 e. The molecule has 168 valence electrons. The zero-order valence-corrected chi connectivity index (χ0v) is 18.0. The summed E-state index contributed by atoms with van der Waals surface area (Å²) in [5.74, 6) is -1.34. The van der Waals surface area contributed by atoms with Crippen LogP contribution in [0.25, 0.3) is 11.1 Å². The van der Waals surface area contributed by atoms with E-state index in [0.717, 1.165) is 28.3 Å². The smallest absolute Gasteiger partial charge is 0.407 e. The Kier molecular flexibility index (Phi) is 6.28. The molecule has 1 amide bonds. The molecule has 3 aromatic carbocycles. The predicted octanol–water partition coefficient (Wildman–Crippen LogP) is 5.30. The molecule has 0 radical (unpaired) electrons. The Hall–Kier alpha value is -3.91. The predicted molar refractivity (Wildman–Crippen MR) is 121 cm³/mol. The van der Waals surface area contributed by atoms with Gasteiger partial charge < -0.3 is 15.2 Å². The summed E-state index contributed by atoms with van der Waals surface area (Å²) in [6, 6.07) is 18.6. The third-order valence-corrected chi connectivity index (χ3v) is 5.90. The summed E-state index contributed by atoms with van der Waals surface area (Å²) in [6.07, 6.45) is -1.30. The van der Waals surface area contributed by atoms with E-state index in [1.165, 1.54) is 12.1 Å². The third kappa shape index (κ3) is 4.65. The molecule has 8 nitrogen and oxygen atoms in total. The number of nitro groups is 1. The number of amides is 1. The Morgan fingerprint density at radius 3 is 2.24 bits per heavy atom. The second-order valence-corrected chi connectivity index (χ2v) is 8.00. The van der Waals surface area contributed by atoms with Gasteiger partial charge in [0, 0.05) is 12.0 Å². The lowest BCUT2D eigenvalue weighted by atomic mass is 9.98. The maximum absolute atomic E-state index is 12.6. The zero-order chi connectivity index (χ0) is 23.5. The Bertz CT molecular complexity index is 1200. The first kappa shape index (κ1) is 22.3. The highest BCUT2D eigenvalue weighted by Gasteiger charge is 2.29. The number of alkyl carbamates (subject to hydrolysis) is 1. The lowest BCUT2D eigenvalue weighted by molar-refractivity contribution is -0.384. The van der Waals surface area contributed by atoms with Crippen molar-refractivity contribution in [2.45, 2.75) is 18.4 Å². The average Bonchev–Trinajstić information content (AvgIpc) is 3.11. The topological polar surface area (TPSA) is 119 Å². The summed E-state index contributed by atoms with van der Waals surface area (Å²) < 4.78 is 5.47. The van der Waals surface area contributed by atoms with Crippen LogP contribution in [0.2, 0.25) is 5.02 Å². The number of nitrogens with one attached hydrogen (secondary N) is 1. The molecule has 0 aliphatic heterocycles. The molecule has 33 heavy (non-hydrogen) atoms. The van der Waals surface area contributed by atoms with Gasteiger partial charge in [0.1, 0.15) is 11.6 Å². The minimum atomic E-state index is -1.18. The van der Waals surface area contributed by atoms with E-state index in [2.05, 4.69) is 5.32 Å². The first-order valence-electron chi connectivity index (χ1n) is 10.1. The van der Waals surface area contributed by atoms with Gasteiger partial charge in [-0.3, -0.25) is 14.9 Å². The Morgan fingerprint density at radius 1 is 1.06 bits per heavy atom. The van der Waals surface area contributed by atoms with Crippen LogP contribution in [0.3, 0.4) is 0 Å². The number of carbonyl (C=O) groups excluding carboxylic acids is 1. The first-order valence-corrected chi connectivity index (χ1v) is 10.5. The van der Waals surface area contributed by atoms with E-state index in [-0.39, 0.29) is 28.8 Å². The van der Waals surface area contributed by atoms with Gasteiger partial charge in [0.25, 0.3) is 5.69 Å². The highest BCUT2D eigenvalue weighted by molar-refractivity contribution is 6.32. The van der Waals surface area contributed by atoms with Crippen LogP contribution in [0.4, 0.5) is 10.5 Å². The number of carbonyl (C=O) groups is 2. The summed E-state index contributed by atoms with van der Waals surface area (Å²) in [5.41, 5.74) is 4.11. The van der Waals surface area contributed by atoms with E-state index < -0.39 is 29.4 Å². The van der Waals surface area contributed by atoms with Crippen LogP contribution < -0.4 is 5.32 Å². The zero-order valence-electron chi connectivity index (χ0n) is 17.2. The number of nitrogens with zero attached hydrogens (tertiary/aromatic N) is 1. The molecule has 1 atom stereocenters. The van der Waals surface area contributed by atoms with Crippen molar-refractivity contribution in [3.8, 4) is 11.1 Å². The molecule has 0 aromatic heterocycles. The van der Waals surface area contributed by atoms with E-state index in [0.29, 0.717) is 0 Å². The van der Waals surface area contributed by atoms with Crippen molar-refractivity contribution in [3.63, 3.8) is 0 Å². The SMILES string of the molecule is O=C(O)C[C@H](NC(=O)OCC1c2ccccc2-c2ccccc21)c1ccc(Cl)c([N+](=O)[O-])c1. The van der Waals surface area contributed by atoms with Crippen molar-refractivity contribution in [2.75, 3.05) is 6.61 Å². The van der Waals surface area contributed by atoms with E-state index >= 15 is 0 Å². The second kappa shape index (κ2) is 9.30. The Morgan fingerprint density at radius 2 is 1.67 bits per heavy atom. The molecule has 0 saturated carbocycles. The first-order chi connectivity index (χ1) is 15.8. The number of carboxylic acid groups (broad SMARTS) is 1. The number of benzene rings is 3. The molecule has 0 saturated heterocycles. The van der Waals surface area contributed by atoms with Crippen LogP contribution in [0, 0.1) is 10.1 Å². The quantitative estimate of drug-likeness (QED) is 0.360. The van der Waals surface area contributed by atoms with Crippen LogP contribution in [-0.2, 0) is 9.53 Å². The average molecular weight is 467 g/mol. The molecule has 9 heteroatoms. The number of hydrogen-bond donors (Lipinski definition) is 2. The standard InChI is InChI=1S/C24H19ClN2O6/c25-20-10-9-14(11-22(20)27(31)32)21(12-23(28)29)26-24(30)33-13-19-17-7-3-1-5-15(17)16-6-2-4-8-18(16)19/h1-11,19,21H,12-13H2,(H,26,30)(H,28,29)/t21-/m0/s1. The molecule has 0 spiro atoms. The molecule has 0 bridgehead atoms. The van der Waals surface area contributed by atoms with E-state index in [4.69, 9.17) is 16.3 Å². The molecule has 0 heterocycles. The number of halogens is 1. The van der Waals surface area contributed by atoms with Crippen molar-refractivity contribution in [2.24, 2.45) is 0 Å². The minimum Gasteiger partial charge on any atom is -0.481 e. The van der Waals surface area contributed by atoms with Gasteiger partial charge in [-0.1, -0.05) is 66.2 Å². The fourth-order valence-corrected chi connectivity index (χ4v) is 4.28. The number of fused-ring (bicyclic) bond motifs is 3. The summed E-state index contributed by atoms with van der Waals surface area (Å²) in [4.78, 5) is 34.4. The Balaban J connectivity index is 1.51. The number of carboxylic acids is 1. The molecule has 1 aliphatic rings. The molecule has 0 unspecified atom stereocenters. The summed E-state index contributed by atoms with van der Waals surface area (Å²) in [7, 11) is 0. The van der Waals surface area contributed by atoms with Gasteiger partial charge in [0.2, 0.25) is 0 Å². The second-order valence-electron chi connectivity index (χ2n) is 7.59. The van der Waals surface area contributed by atoms with Crippen LogP contribution in [0.5, 0.6) is 0 Å². The van der Waals surface area contributed by atoms with Crippen LogP contribution in [-0.4, -0.2) is 28.7 Å². The number of nitro benzene ring substituents is 1. The molecular weight excluding hydrogens is 448 g/mol. The van der Waals surface area contributed by atoms with Gasteiger partial charge in [-0.25, -0.2) is 4.79 Å². The highest BCUT2D eigenvalue weighted by atomic mass is 35.5. The fourth-order valence-electron chi connectivity index (χ4n) is 4.10. The lowest BCUT2D eigenvalue weighted by Crippen LogP contribution is -2.31. The van der Waals surface area contributed by atoms with Crippen molar-refractivity contribution in [3.05, 3.63) is 98.6 Å². The van der Waals surface area contributed by atoms with Gasteiger partial charge in [0.15, 0.2) is 0 Å². The monoisotopic (exact) mass is 466 g/mol. The van der Waals surface area contributed by atoms with E-state index in [9.17, 15) is 24.8 Å². The summed E-state index contributed by atoms with van der Waals surface area (Å²) in [6.45, 7) is 0.0560. The molecule has 0 fully saturated rings. The minimum absolute atomic E-state index is 0.0560. The molecule has 1 aliphatic carbocycles. The number of ether oxygens (including phenoxy) is 1. The van der Waals surface area contributed by atoms with Crippen molar-refractivity contribution >= 4 is 29.4 Å². The van der Waals surface area contributed by atoms with Crippen molar-refractivity contribution in [1.29, 1.82) is 0 Å². The lowest BCUT2D eigenvalue weighted by Gasteiger charge is -2.19.